The first-order valence-corrected chi connectivity index (χ1v) is 10.3. The Morgan fingerprint density at radius 2 is 2.12 bits per heavy atom. The van der Waals surface area contributed by atoms with Crippen LogP contribution in [0.4, 0.5) is 5.69 Å². The van der Waals surface area contributed by atoms with Crippen LogP contribution in [-0.2, 0) is 14.8 Å². The summed E-state index contributed by atoms with van der Waals surface area (Å²) in [6.07, 6.45) is 4.08. The van der Waals surface area contributed by atoms with Crippen LogP contribution in [0.15, 0.2) is 18.2 Å². The molecule has 2 N–H and O–H groups in total. The number of likely N-dealkylation sites (tertiary alicyclic amines) is 1. The molecule has 8 heteroatoms. The Balaban J connectivity index is 1.93. The molecule has 1 aliphatic rings. The molecule has 1 aromatic rings. The van der Waals surface area contributed by atoms with Gasteiger partial charge in [0.15, 0.2) is 0 Å². The predicted molar refractivity (Wildman–Crippen MR) is 96.9 cm³/mol. The number of hydrogen-bond acceptors (Lipinski definition) is 4. The summed E-state index contributed by atoms with van der Waals surface area (Å²) >= 11 is 6.07. The molecule has 1 saturated heterocycles. The predicted octanol–water partition coefficient (Wildman–Crippen LogP) is 1.99. The molecule has 1 heterocycles. The summed E-state index contributed by atoms with van der Waals surface area (Å²) in [4.78, 5) is 14.3. The molecule has 0 spiro atoms. The third kappa shape index (κ3) is 6.05. The van der Waals surface area contributed by atoms with Crippen molar-refractivity contribution in [2.24, 2.45) is 0 Å². The largest absolute Gasteiger partial charge is 0.325 e. The van der Waals surface area contributed by atoms with Gasteiger partial charge in [0.25, 0.3) is 0 Å². The van der Waals surface area contributed by atoms with Crippen molar-refractivity contribution in [2.45, 2.75) is 32.2 Å². The summed E-state index contributed by atoms with van der Waals surface area (Å²) in [6, 6.07) is 5.45. The lowest BCUT2D eigenvalue weighted by molar-refractivity contribution is -0.118. The molecule has 1 aliphatic heterocycles. The first kappa shape index (κ1) is 19.2. The summed E-state index contributed by atoms with van der Waals surface area (Å²) in [7, 11) is -3.22. The van der Waals surface area contributed by atoms with E-state index in [0.29, 0.717) is 17.3 Å². The van der Waals surface area contributed by atoms with Crippen LogP contribution in [0.2, 0.25) is 5.02 Å². The second-order valence-corrected chi connectivity index (χ2v) is 8.49. The third-order valence-corrected chi connectivity index (χ3v) is 5.23. The first-order valence-electron chi connectivity index (χ1n) is 7.99. The van der Waals surface area contributed by atoms with Crippen molar-refractivity contribution in [1.29, 1.82) is 0 Å². The summed E-state index contributed by atoms with van der Waals surface area (Å²) in [5, 5.41) is 3.46. The van der Waals surface area contributed by atoms with Crippen molar-refractivity contribution < 1.29 is 13.2 Å². The van der Waals surface area contributed by atoms with Crippen LogP contribution in [0.3, 0.4) is 0 Å². The monoisotopic (exact) mass is 373 g/mol. The lowest BCUT2D eigenvalue weighted by Gasteiger charge is -2.35. The molecule has 1 fully saturated rings. The maximum atomic E-state index is 12.3. The van der Waals surface area contributed by atoms with Gasteiger partial charge in [-0.15, -0.1) is 0 Å². The highest BCUT2D eigenvalue weighted by Crippen LogP contribution is 2.20. The van der Waals surface area contributed by atoms with Gasteiger partial charge in [-0.05, 0) is 44.0 Å². The number of nitrogens with zero attached hydrogens (tertiary/aromatic N) is 1. The van der Waals surface area contributed by atoms with E-state index in [1.807, 2.05) is 24.0 Å². The SMILES string of the molecule is Cc1ccc(NC(=O)CN2CCCC[C@@H]2CNS(C)(=O)=O)cc1Cl. The highest BCUT2D eigenvalue weighted by Gasteiger charge is 2.25. The van der Waals surface area contributed by atoms with Crippen LogP contribution in [0.1, 0.15) is 24.8 Å². The fourth-order valence-corrected chi connectivity index (χ4v) is 3.48. The zero-order valence-electron chi connectivity index (χ0n) is 14.0. The second-order valence-electron chi connectivity index (χ2n) is 6.25. The van der Waals surface area contributed by atoms with Crippen molar-refractivity contribution in [3.63, 3.8) is 0 Å². The number of benzene rings is 1. The maximum absolute atomic E-state index is 12.3. The van der Waals surface area contributed by atoms with Crippen molar-refractivity contribution in [1.82, 2.24) is 9.62 Å². The van der Waals surface area contributed by atoms with E-state index < -0.39 is 10.0 Å². The molecular formula is C16H24ClN3O3S. The molecule has 0 aromatic heterocycles. The Morgan fingerprint density at radius 1 is 1.38 bits per heavy atom. The standard InChI is InChI=1S/C16H24ClN3O3S/c1-12-6-7-13(9-15(12)17)19-16(21)11-20-8-4-3-5-14(20)10-18-24(2,22)23/h6-7,9,14,18H,3-5,8,10-11H2,1-2H3,(H,19,21)/t14-/m1/s1. The lowest BCUT2D eigenvalue weighted by Crippen LogP contribution is -2.49. The Bertz CT molecular complexity index is 694. The Kier molecular flexibility index (Phi) is 6.62. The first-order chi connectivity index (χ1) is 11.2. The average Bonchev–Trinajstić information content (AvgIpc) is 2.49. The molecule has 0 aliphatic carbocycles. The van der Waals surface area contributed by atoms with Gasteiger partial charge in [0, 0.05) is 23.3 Å². The van der Waals surface area contributed by atoms with Crippen LogP contribution in [0, 0.1) is 6.92 Å². The quantitative estimate of drug-likeness (QED) is 0.799. The molecule has 0 bridgehead atoms. The third-order valence-electron chi connectivity index (χ3n) is 4.13. The highest BCUT2D eigenvalue weighted by atomic mass is 35.5. The normalized spacial score (nSPS) is 19.2. The number of carbonyl (C=O) groups is 1. The second kappa shape index (κ2) is 8.29. The average molecular weight is 374 g/mol. The maximum Gasteiger partial charge on any atom is 0.238 e. The van der Waals surface area contributed by atoms with E-state index in [1.54, 1.807) is 6.07 Å². The minimum absolute atomic E-state index is 0.0424. The van der Waals surface area contributed by atoms with Gasteiger partial charge in [-0.25, -0.2) is 13.1 Å². The van der Waals surface area contributed by atoms with Crippen LogP contribution < -0.4 is 10.0 Å². The molecule has 0 unspecified atom stereocenters. The van der Waals surface area contributed by atoms with Crippen molar-refractivity contribution in [3.8, 4) is 0 Å². The lowest BCUT2D eigenvalue weighted by atomic mass is 10.0. The van der Waals surface area contributed by atoms with Crippen LogP contribution in [0.5, 0.6) is 0 Å². The Labute approximate surface area is 148 Å². The smallest absolute Gasteiger partial charge is 0.238 e. The van der Waals surface area contributed by atoms with Crippen LogP contribution in [-0.4, -0.2) is 51.2 Å². The zero-order chi connectivity index (χ0) is 17.7. The molecule has 0 radical (unpaired) electrons. The zero-order valence-corrected chi connectivity index (χ0v) is 15.6. The van der Waals surface area contributed by atoms with E-state index >= 15 is 0 Å². The molecule has 0 saturated carbocycles. The number of nitrogens with one attached hydrogen (secondary N) is 2. The minimum atomic E-state index is -3.22. The van der Waals surface area contributed by atoms with E-state index in [1.165, 1.54) is 0 Å². The number of carbonyl (C=O) groups excluding carboxylic acids is 1. The van der Waals surface area contributed by atoms with Crippen LogP contribution >= 0.6 is 11.6 Å². The van der Waals surface area contributed by atoms with Gasteiger partial charge in [-0.1, -0.05) is 24.1 Å². The van der Waals surface area contributed by atoms with Gasteiger partial charge in [-0.3, -0.25) is 9.69 Å². The fraction of sp³-hybridized carbons (Fsp3) is 0.562. The van der Waals surface area contributed by atoms with E-state index in [-0.39, 0.29) is 18.5 Å². The van der Waals surface area contributed by atoms with Crippen molar-refractivity contribution >= 4 is 33.2 Å². The number of halogens is 1. The number of rotatable bonds is 6. The van der Waals surface area contributed by atoms with Gasteiger partial charge >= 0.3 is 0 Å². The summed E-state index contributed by atoms with van der Waals surface area (Å²) in [5.74, 6) is -0.124. The topological polar surface area (TPSA) is 78.5 Å². The van der Waals surface area contributed by atoms with Crippen molar-refractivity contribution in [3.05, 3.63) is 28.8 Å². The minimum Gasteiger partial charge on any atom is -0.325 e. The van der Waals surface area contributed by atoms with E-state index in [2.05, 4.69) is 10.0 Å². The van der Waals surface area contributed by atoms with Gasteiger partial charge in [0.05, 0.1) is 12.8 Å². The number of piperidine rings is 1. The molecule has 1 amide bonds. The number of aryl methyl sites for hydroxylation is 1. The fourth-order valence-electron chi connectivity index (χ4n) is 2.80. The van der Waals surface area contributed by atoms with Crippen molar-refractivity contribution in [2.75, 3.05) is 31.2 Å². The van der Waals surface area contributed by atoms with Gasteiger partial charge in [-0.2, -0.15) is 0 Å². The van der Waals surface area contributed by atoms with E-state index in [4.69, 9.17) is 11.6 Å². The number of anilines is 1. The highest BCUT2D eigenvalue weighted by molar-refractivity contribution is 7.88. The molecular weight excluding hydrogens is 350 g/mol. The number of amides is 1. The van der Waals surface area contributed by atoms with Gasteiger partial charge < -0.3 is 5.32 Å². The van der Waals surface area contributed by atoms with Gasteiger partial charge in [0.2, 0.25) is 15.9 Å². The van der Waals surface area contributed by atoms with Crippen LogP contribution in [0.25, 0.3) is 0 Å². The summed E-state index contributed by atoms with van der Waals surface area (Å²) in [6.45, 7) is 3.27. The Hall–Kier alpha value is -1.15. The van der Waals surface area contributed by atoms with E-state index in [9.17, 15) is 13.2 Å². The number of hydrogen-bond donors (Lipinski definition) is 2. The molecule has 6 nitrogen and oxygen atoms in total. The number of sulfonamides is 1. The Morgan fingerprint density at radius 3 is 2.79 bits per heavy atom. The molecule has 2 rings (SSSR count). The molecule has 24 heavy (non-hydrogen) atoms. The molecule has 134 valence electrons. The summed E-state index contributed by atoms with van der Waals surface area (Å²) < 4.78 is 25.1. The summed E-state index contributed by atoms with van der Waals surface area (Å²) in [5.41, 5.74) is 1.62. The molecule has 1 aromatic carbocycles. The molecule has 1 atom stereocenters. The van der Waals surface area contributed by atoms with E-state index in [0.717, 1.165) is 37.6 Å². The van der Waals surface area contributed by atoms with Gasteiger partial charge in [0.1, 0.15) is 0 Å².